The van der Waals surface area contributed by atoms with Crippen LogP contribution in [0, 0.1) is 0 Å². The predicted octanol–water partition coefficient (Wildman–Crippen LogP) is 3.33. The van der Waals surface area contributed by atoms with Crippen molar-refractivity contribution in [2.45, 2.75) is 45.6 Å². The number of carbonyl (C=O) groups excluding carboxylic acids is 1. The fraction of sp³-hybridized carbons (Fsp3) is 0.500. The molecule has 0 spiro atoms. The average Bonchev–Trinajstić information content (AvgIpc) is 2.28. The molecule has 0 bridgehead atoms. The van der Waals surface area contributed by atoms with Crippen molar-refractivity contribution in [3.63, 3.8) is 0 Å². The molecule has 2 nitrogen and oxygen atoms in total. The summed E-state index contributed by atoms with van der Waals surface area (Å²) < 4.78 is 0. The van der Waals surface area contributed by atoms with Crippen LogP contribution in [-0.4, -0.2) is 11.9 Å². The predicted molar refractivity (Wildman–Crippen MR) is 66.7 cm³/mol. The maximum atomic E-state index is 11.8. The number of hydrogen-bond donors (Lipinski definition) is 0. The largest absolute Gasteiger partial charge is 0.309 e. The molecule has 0 aromatic heterocycles. The highest BCUT2D eigenvalue weighted by Crippen LogP contribution is 2.38. The van der Waals surface area contributed by atoms with E-state index in [4.69, 9.17) is 0 Å². The summed E-state index contributed by atoms with van der Waals surface area (Å²) in [5.41, 5.74) is 2.42. The molecule has 0 saturated heterocycles. The number of carbonyl (C=O) groups is 1. The fourth-order valence-electron chi connectivity index (χ4n) is 2.74. The zero-order valence-corrected chi connectivity index (χ0v) is 10.2. The molecule has 0 radical (unpaired) electrons. The molecule has 1 aliphatic rings. The summed E-state index contributed by atoms with van der Waals surface area (Å²) in [5.74, 6) is 0.711. The molecule has 1 aromatic rings. The standard InChI is InChI=1S/C14H19NO/c1-4-12-9-10(2)13-7-5-6-8-14(13)15(12)11(3)16/h5-8,10,12H,4,9H2,1-3H3. The van der Waals surface area contributed by atoms with E-state index in [-0.39, 0.29) is 5.91 Å². The van der Waals surface area contributed by atoms with Gasteiger partial charge in [0.2, 0.25) is 5.91 Å². The van der Waals surface area contributed by atoms with Crippen LogP contribution in [0.25, 0.3) is 0 Å². The van der Waals surface area contributed by atoms with E-state index in [1.165, 1.54) is 5.56 Å². The molecule has 16 heavy (non-hydrogen) atoms. The quantitative estimate of drug-likeness (QED) is 0.706. The number of amides is 1. The lowest BCUT2D eigenvalue weighted by Gasteiger charge is -2.39. The van der Waals surface area contributed by atoms with Gasteiger partial charge >= 0.3 is 0 Å². The second kappa shape index (κ2) is 4.28. The minimum Gasteiger partial charge on any atom is -0.309 e. The minimum absolute atomic E-state index is 0.159. The van der Waals surface area contributed by atoms with Gasteiger partial charge in [0, 0.05) is 18.7 Å². The van der Waals surface area contributed by atoms with E-state index in [0.717, 1.165) is 18.5 Å². The summed E-state index contributed by atoms with van der Waals surface area (Å²) in [5, 5.41) is 0. The van der Waals surface area contributed by atoms with Crippen molar-refractivity contribution in [2.24, 2.45) is 0 Å². The van der Waals surface area contributed by atoms with Crippen LogP contribution in [0.2, 0.25) is 0 Å². The average molecular weight is 217 g/mol. The highest BCUT2D eigenvalue weighted by molar-refractivity contribution is 5.93. The molecule has 0 aliphatic carbocycles. The van der Waals surface area contributed by atoms with Crippen LogP contribution >= 0.6 is 0 Å². The summed E-state index contributed by atoms with van der Waals surface area (Å²) in [4.78, 5) is 13.7. The third kappa shape index (κ3) is 1.73. The lowest BCUT2D eigenvalue weighted by atomic mass is 9.86. The van der Waals surface area contributed by atoms with Gasteiger partial charge < -0.3 is 4.90 Å². The second-order valence-electron chi connectivity index (χ2n) is 4.65. The molecule has 2 rings (SSSR count). The van der Waals surface area contributed by atoms with Crippen LogP contribution < -0.4 is 4.90 Å². The molecule has 2 atom stereocenters. The van der Waals surface area contributed by atoms with Gasteiger partial charge in [-0.3, -0.25) is 4.79 Å². The zero-order chi connectivity index (χ0) is 11.7. The number of anilines is 1. The maximum Gasteiger partial charge on any atom is 0.224 e. The van der Waals surface area contributed by atoms with Gasteiger partial charge in [-0.2, -0.15) is 0 Å². The van der Waals surface area contributed by atoms with Crippen LogP contribution in [0.5, 0.6) is 0 Å². The minimum atomic E-state index is 0.159. The van der Waals surface area contributed by atoms with E-state index < -0.39 is 0 Å². The van der Waals surface area contributed by atoms with Gasteiger partial charge in [-0.15, -0.1) is 0 Å². The van der Waals surface area contributed by atoms with Gasteiger partial charge in [-0.05, 0) is 30.4 Å². The van der Waals surface area contributed by atoms with Gasteiger partial charge in [0.25, 0.3) is 0 Å². The van der Waals surface area contributed by atoms with Gasteiger partial charge in [0.1, 0.15) is 0 Å². The Hall–Kier alpha value is -1.31. The number of hydrogen-bond acceptors (Lipinski definition) is 1. The number of nitrogens with zero attached hydrogens (tertiary/aromatic N) is 1. The summed E-state index contributed by atoms with van der Waals surface area (Å²) in [6.07, 6.45) is 2.10. The monoisotopic (exact) mass is 217 g/mol. The molecule has 1 aliphatic heterocycles. The first-order valence-electron chi connectivity index (χ1n) is 6.03. The third-order valence-electron chi connectivity index (χ3n) is 3.53. The van der Waals surface area contributed by atoms with Crippen molar-refractivity contribution >= 4 is 11.6 Å². The van der Waals surface area contributed by atoms with E-state index >= 15 is 0 Å². The van der Waals surface area contributed by atoms with Crippen LogP contribution in [0.4, 0.5) is 5.69 Å². The van der Waals surface area contributed by atoms with Gasteiger partial charge in [0.05, 0.1) is 0 Å². The Balaban J connectivity index is 2.49. The first kappa shape index (κ1) is 11.2. The first-order chi connectivity index (χ1) is 7.65. The number of fused-ring (bicyclic) bond motifs is 1. The van der Waals surface area contributed by atoms with E-state index in [0.29, 0.717) is 12.0 Å². The first-order valence-corrected chi connectivity index (χ1v) is 6.03. The summed E-state index contributed by atoms with van der Waals surface area (Å²) in [7, 11) is 0. The smallest absolute Gasteiger partial charge is 0.224 e. The Morgan fingerprint density at radius 1 is 1.44 bits per heavy atom. The Morgan fingerprint density at radius 3 is 2.75 bits per heavy atom. The van der Waals surface area contributed by atoms with Crippen LogP contribution in [0.3, 0.4) is 0 Å². The van der Waals surface area contributed by atoms with Crippen molar-refractivity contribution < 1.29 is 4.79 Å². The molecule has 1 amide bonds. The fourth-order valence-corrected chi connectivity index (χ4v) is 2.74. The van der Waals surface area contributed by atoms with E-state index in [1.54, 1.807) is 6.92 Å². The van der Waals surface area contributed by atoms with Gasteiger partial charge in [-0.1, -0.05) is 32.0 Å². The molecule has 1 aromatic carbocycles. The van der Waals surface area contributed by atoms with Gasteiger partial charge in [-0.25, -0.2) is 0 Å². The van der Waals surface area contributed by atoms with E-state index in [2.05, 4.69) is 32.0 Å². The van der Waals surface area contributed by atoms with Crippen molar-refractivity contribution in [3.8, 4) is 0 Å². The van der Waals surface area contributed by atoms with Crippen LogP contribution in [0.15, 0.2) is 24.3 Å². The molecule has 2 heteroatoms. The molecule has 0 fully saturated rings. The molecule has 0 N–H and O–H groups in total. The highest BCUT2D eigenvalue weighted by atomic mass is 16.2. The number of rotatable bonds is 1. The SMILES string of the molecule is CCC1CC(C)c2ccccc2N1C(C)=O. The van der Waals surface area contributed by atoms with Crippen molar-refractivity contribution in [1.82, 2.24) is 0 Å². The normalized spacial score (nSPS) is 24.1. The van der Waals surface area contributed by atoms with Crippen LogP contribution in [0.1, 0.15) is 45.1 Å². The molecule has 0 saturated carbocycles. The highest BCUT2D eigenvalue weighted by Gasteiger charge is 2.31. The topological polar surface area (TPSA) is 20.3 Å². The number of benzene rings is 1. The molecule has 2 unspecified atom stereocenters. The Labute approximate surface area is 97.3 Å². The Bertz CT molecular complexity index is 399. The lowest BCUT2D eigenvalue weighted by Crippen LogP contribution is -2.43. The Morgan fingerprint density at radius 2 is 2.12 bits per heavy atom. The summed E-state index contributed by atoms with van der Waals surface area (Å²) in [6.45, 7) is 6.07. The molecule has 1 heterocycles. The lowest BCUT2D eigenvalue weighted by molar-refractivity contribution is -0.117. The maximum absolute atomic E-state index is 11.8. The molecular weight excluding hydrogens is 198 g/mol. The van der Waals surface area contributed by atoms with E-state index in [9.17, 15) is 4.79 Å². The van der Waals surface area contributed by atoms with Gasteiger partial charge in [0.15, 0.2) is 0 Å². The summed E-state index contributed by atoms with van der Waals surface area (Å²) >= 11 is 0. The summed E-state index contributed by atoms with van der Waals surface area (Å²) in [6, 6.07) is 8.64. The Kier molecular flexibility index (Phi) is 2.99. The van der Waals surface area contributed by atoms with E-state index in [1.807, 2.05) is 11.0 Å². The molecular formula is C14H19NO. The number of para-hydroxylation sites is 1. The third-order valence-corrected chi connectivity index (χ3v) is 3.53. The van der Waals surface area contributed by atoms with Crippen molar-refractivity contribution in [1.29, 1.82) is 0 Å². The molecule has 86 valence electrons. The van der Waals surface area contributed by atoms with Crippen molar-refractivity contribution in [3.05, 3.63) is 29.8 Å². The second-order valence-corrected chi connectivity index (χ2v) is 4.65. The van der Waals surface area contributed by atoms with Crippen molar-refractivity contribution in [2.75, 3.05) is 4.90 Å². The zero-order valence-electron chi connectivity index (χ0n) is 10.2. The van der Waals surface area contributed by atoms with Crippen LogP contribution in [-0.2, 0) is 4.79 Å².